The number of imidazole rings is 1. The second-order valence-corrected chi connectivity index (χ2v) is 10.3. The van der Waals surface area contributed by atoms with Crippen molar-refractivity contribution >= 4 is 16.8 Å². The number of benzene rings is 2. The molecule has 0 unspecified atom stereocenters. The minimum atomic E-state index is -0.0298. The quantitative estimate of drug-likeness (QED) is 0.273. The number of pyridine rings is 1. The lowest BCUT2D eigenvalue weighted by atomic mass is 9.98. The van der Waals surface area contributed by atoms with Crippen molar-refractivity contribution in [1.29, 1.82) is 0 Å². The van der Waals surface area contributed by atoms with Crippen LogP contribution in [0.5, 0.6) is 0 Å². The van der Waals surface area contributed by atoms with E-state index in [9.17, 15) is 4.79 Å². The lowest BCUT2D eigenvalue weighted by molar-refractivity contribution is 0.0623. The Hall–Kier alpha value is -4.34. The van der Waals surface area contributed by atoms with Gasteiger partial charge < -0.3 is 15.2 Å². The monoisotopic (exact) mass is 534 g/mol. The van der Waals surface area contributed by atoms with Gasteiger partial charge in [-0.2, -0.15) is 5.10 Å². The van der Waals surface area contributed by atoms with Crippen molar-refractivity contribution in [3.63, 3.8) is 0 Å². The van der Waals surface area contributed by atoms with Crippen LogP contribution < -0.4 is 5.32 Å². The number of carbonyl (C=O) groups is 1. The first-order valence-corrected chi connectivity index (χ1v) is 13.8. The summed E-state index contributed by atoms with van der Waals surface area (Å²) in [7, 11) is 0. The number of nitrogens with one attached hydrogen (secondary N) is 3. The van der Waals surface area contributed by atoms with Crippen LogP contribution in [0.4, 0.5) is 0 Å². The van der Waals surface area contributed by atoms with Gasteiger partial charge in [0.05, 0.1) is 11.7 Å². The zero-order valence-electron chi connectivity index (χ0n) is 22.9. The zero-order chi connectivity index (χ0) is 27.5. The fourth-order valence-corrected chi connectivity index (χ4v) is 5.33. The molecule has 3 aromatic heterocycles. The molecule has 0 atom stereocenters. The number of fused-ring (bicyclic) bond motifs is 1. The number of carbonyl (C=O) groups excluding carboxylic acids is 1. The molecule has 1 saturated heterocycles. The normalized spacial score (nSPS) is 14.2. The van der Waals surface area contributed by atoms with Crippen LogP contribution in [0.25, 0.3) is 33.5 Å². The molecule has 9 nitrogen and oxygen atoms in total. The van der Waals surface area contributed by atoms with Crippen molar-refractivity contribution in [2.45, 2.75) is 26.9 Å². The van der Waals surface area contributed by atoms with Gasteiger partial charge in [-0.25, -0.2) is 4.98 Å². The first-order chi connectivity index (χ1) is 19.6. The Morgan fingerprint density at radius 3 is 2.65 bits per heavy atom. The summed E-state index contributed by atoms with van der Waals surface area (Å²) in [5.41, 5.74) is 7.92. The molecule has 1 amide bonds. The Kier molecular flexibility index (Phi) is 7.39. The topological polar surface area (TPSA) is 106 Å². The maximum atomic E-state index is 13.3. The summed E-state index contributed by atoms with van der Waals surface area (Å²) in [5.74, 6) is 0.544. The van der Waals surface area contributed by atoms with E-state index in [0.29, 0.717) is 30.3 Å². The summed E-state index contributed by atoms with van der Waals surface area (Å²) in [6.07, 6.45) is 5.46. The van der Waals surface area contributed by atoms with Crippen molar-refractivity contribution in [1.82, 2.24) is 40.3 Å². The Balaban J connectivity index is 1.18. The van der Waals surface area contributed by atoms with Crippen molar-refractivity contribution in [2.24, 2.45) is 0 Å². The smallest absolute Gasteiger partial charge is 0.272 e. The summed E-state index contributed by atoms with van der Waals surface area (Å²) < 4.78 is 0. The van der Waals surface area contributed by atoms with Gasteiger partial charge in [-0.15, -0.1) is 0 Å². The Morgan fingerprint density at radius 1 is 1.02 bits per heavy atom. The molecule has 1 aliphatic heterocycles. The van der Waals surface area contributed by atoms with Crippen molar-refractivity contribution in [3.05, 3.63) is 89.5 Å². The van der Waals surface area contributed by atoms with Gasteiger partial charge in [-0.3, -0.25) is 19.8 Å². The number of nitrogens with zero attached hydrogens (tertiary/aromatic N) is 5. The van der Waals surface area contributed by atoms with E-state index in [-0.39, 0.29) is 5.91 Å². The van der Waals surface area contributed by atoms with Gasteiger partial charge in [0.15, 0.2) is 5.82 Å². The van der Waals surface area contributed by atoms with E-state index < -0.39 is 0 Å². The summed E-state index contributed by atoms with van der Waals surface area (Å²) in [6.45, 7) is 9.90. The van der Waals surface area contributed by atoms with Gasteiger partial charge in [0.2, 0.25) is 0 Å². The Labute approximate surface area is 233 Å². The molecule has 204 valence electrons. The lowest BCUT2D eigenvalue weighted by Gasteiger charge is -2.34. The van der Waals surface area contributed by atoms with Gasteiger partial charge in [-0.05, 0) is 47.9 Å². The number of aromatic nitrogens is 5. The first kappa shape index (κ1) is 25.9. The number of amides is 1. The number of H-pyrrole nitrogens is 2. The zero-order valence-corrected chi connectivity index (χ0v) is 22.9. The van der Waals surface area contributed by atoms with E-state index >= 15 is 0 Å². The van der Waals surface area contributed by atoms with Crippen molar-refractivity contribution in [2.75, 3.05) is 32.7 Å². The predicted octanol–water partition coefficient (Wildman–Crippen LogP) is 4.39. The van der Waals surface area contributed by atoms with Gasteiger partial charge >= 0.3 is 0 Å². The molecule has 1 aliphatic rings. The van der Waals surface area contributed by atoms with Crippen molar-refractivity contribution in [3.8, 4) is 22.6 Å². The predicted molar refractivity (Wildman–Crippen MR) is 157 cm³/mol. The summed E-state index contributed by atoms with van der Waals surface area (Å²) >= 11 is 0. The average molecular weight is 535 g/mol. The van der Waals surface area contributed by atoms with Crippen LogP contribution in [0.2, 0.25) is 0 Å². The molecule has 6 rings (SSSR count). The molecule has 40 heavy (non-hydrogen) atoms. The third kappa shape index (κ3) is 5.25. The molecule has 5 aromatic rings. The minimum absolute atomic E-state index is 0.0298. The second-order valence-electron chi connectivity index (χ2n) is 10.3. The number of hydrogen-bond donors (Lipinski definition) is 3. The highest BCUT2D eigenvalue weighted by molar-refractivity contribution is 5.96. The molecule has 3 N–H and O–H groups in total. The van der Waals surface area contributed by atoms with Gasteiger partial charge in [0.1, 0.15) is 11.4 Å². The lowest BCUT2D eigenvalue weighted by Crippen LogP contribution is -2.48. The largest absolute Gasteiger partial charge is 0.335 e. The number of piperazine rings is 1. The Bertz CT molecular complexity index is 1620. The molecule has 0 spiro atoms. The van der Waals surface area contributed by atoms with E-state index in [1.807, 2.05) is 29.4 Å². The molecule has 0 bridgehead atoms. The number of rotatable bonds is 8. The first-order valence-electron chi connectivity index (χ1n) is 13.8. The summed E-state index contributed by atoms with van der Waals surface area (Å²) in [5, 5.41) is 12.0. The fraction of sp³-hybridized carbons (Fsp3) is 0.290. The summed E-state index contributed by atoms with van der Waals surface area (Å²) in [4.78, 5) is 29.9. The number of aromatic amines is 2. The highest BCUT2D eigenvalue weighted by atomic mass is 16.2. The van der Waals surface area contributed by atoms with E-state index in [0.717, 1.165) is 54.8 Å². The average Bonchev–Trinajstić information content (AvgIpc) is 3.64. The third-order valence-corrected chi connectivity index (χ3v) is 7.70. The molecule has 1 fully saturated rings. The molecule has 9 heteroatoms. The van der Waals surface area contributed by atoms with Gasteiger partial charge in [-0.1, -0.05) is 43.3 Å². The second kappa shape index (κ2) is 11.4. The molecule has 0 saturated carbocycles. The minimum Gasteiger partial charge on any atom is -0.335 e. The van der Waals surface area contributed by atoms with Crippen LogP contribution in [0.3, 0.4) is 0 Å². The standard InChI is InChI=1S/C31H34N8O/c1-3-32-16-24-17-33-18-26(21(24)2)23-9-10-27-25(15-23)29(37-36-27)30-34-19-28(35-30)31(40)39-13-11-38(12-14-39)20-22-7-5-4-6-8-22/h4-10,15,17-19,32H,3,11-14,16,20H2,1-2H3,(H,34,35)(H,36,37). The van der Waals surface area contributed by atoms with Crippen LogP contribution in [0, 0.1) is 6.92 Å². The van der Waals surface area contributed by atoms with E-state index in [1.54, 1.807) is 6.20 Å². The van der Waals surface area contributed by atoms with Crippen LogP contribution in [-0.4, -0.2) is 73.6 Å². The molecular formula is C31H34N8O. The van der Waals surface area contributed by atoms with Gasteiger partial charge in [0, 0.05) is 62.6 Å². The van der Waals surface area contributed by atoms with Gasteiger partial charge in [0.25, 0.3) is 5.91 Å². The van der Waals surface area contributed by atoms with Crippen LogP contribution in [-0.2, 0) is 13.1 Å². The molecule has 2 aromatic carbocycles. The fourth-order valence-electron chi connectivity index (χ4n) is 5.33. The maximum absolute atomic E-state index is 13.3. The Morgan fingerprint density at radius 2 is 1.85 bits per heavy atom. The van der Waals surface area contributed by atoms with E-state index in [1.165, 1.54) is 16.7 Å². The SMILES string of the molecule is CCNCc1cncc(-c2ccc3[nH]nc(-c4ncc(C(=O)N5CCN(Cc6ccccc6)CC5)[nH]4)c3c2)c1C. The molecule has 0 radical (unpaired) electrons. The summed E-state index contributed by atoms with van der Waals surface area (Å²) in [6, 6.07) is 16.7. The molecular weight excluding hydrogens is 500 g/mol. The van der Waals surface area contributed by atoms with Crippen LogP contribution >= 0.6 is 0 Å². The maximum Gasteiger partial charge on any atom is 0.272 e. The highest BCUT2D eigenvalue weighted by Gasteiger charge is 2.24. The third-order valence-electron chi connectivity index (χ3n) is 7.70. The van der Waals surface area contributed by atoms with Crippen molar-refractivity contribution < 1.29 is 4.79 Å². The van der Waals surface area contributed by atoms with Crippen LogP contribution in [0.15, 0.2) is 67.1 Å². The van der Waals surface area contributed by atoms with E-state index in [4.69, 9.17) is 0 Å². The van der Waals surface area contributed by atoms with Crippen LogP contribution in [0.1, 0.15) is 34.1 Å². The number of hydrogen-bond acceptors (Lipinski definition) is 6. The molecule has 4 heterocycles. The highest BCUT2D eigenvalue weighted by Crippen LogP contribution is 2.31. The van der Waals surface area contributed by atoms with E-state index in [2.05, 4.69) is 85.6 Å². The molecule has 0 aliphatic carbocycles.